The highest BCUT2D eigenvalue weighted by Crippen LogP contribution is 2.11. The zero-order valence-corrected chi connectivity index (χ0v) is 7.42. The SMILES string of the molecule is O=CNc1ccc(-n2ccnc2)cc1. The second-order valence-electron chi connectivity index (χ2n) is 2.78. The average molecular weight is 187 g/mol. The molecule has 0 radical (unpaired) electrons. The van der Waals surface area contributed by atoms with Crippen LogP contribution in [0.25, 0.3) is 5.69 Å². The van der Waals surface area contributed by atoms with Gasteiger partial charge in [0.25, 0.3) is 0 Å². The maximum atomic E-state index is 10.2. The molecule has 70 valence electrons. The van der Waals surface area contributed by atoms with E-state index >= 15 is 0 Å². The molecule has 0 spiro atoms. The van der Waals surface area contributed by atoms with Crippen molar-refractivity contribution in [2.45, 2.75) is 0 Å². The molecule has 0 saturated carbocycles. The zero-order chi connectivity index (χ0) is 9.80. The number of hydrogen-bond donors (Lipinski definition) is 1. The molecule has 4 nitrogen and oxygen atoms in total. The summed E-state index contributed by atoms with van der Waals surface area (Å²) in [6.45, 7) is 0. The Hall–Kier alpha value is -2.10. The Kier molecular flexibility index (Phi) is 2.27. The van der Waals surface area contributed by atoms with E-state index in [2.05, 4.69) is 10.3 Å². The van der Waals surface area contributed by atoms with Crippen LogP contribution in [0.5, 0.6) is 0 Å². The first-order valence-electron chi connectivity index (χ1n) is 4.19. The third-order valence-corrected chi connectivity index (χ3v) is 1.90. The summed E-state index contributed by atoms with van der Waals surface area (Å²) >= 11 is 0. The van der Waals surface area contributed by atoms with E-state index in [0.29, 0.717) is 6.41 Å². The summed E-state index contributed by atoms with van der Waals surface area (Å²) in [6.07, 6.45) is 5.97. The number of hydrogen-bond acceptors (Lipinski definition) is 2. The van der Waals surface area contributed by atoms with E-state index < -0.39 is 0 Å². The number of carbonyl (C=O) groups excluding carboxylic acids is 1. The van der Waals surface area contributed by atoms with Gasteiger partial charge in [-0.1, -0.05) is 0 Å². The molecule has 0 aliphatic heterocycles. The van der Waals surface area contributed by atoms with Crippen LogP contribution in [-0.2, 0) is 4.79 Å². The molecule has 1 amide bonds. The van der Waals surface area contributed by atoms with E-state index in [1.807, 2.05) is 35.0 Å². The number of anilines is 1. The molecule has 0 unspecified atom stereocenters. The summed E-state index contributed by atoms with van der Waals surface area (Å²) in [6, 6.07) is 7.49. The molecule has 0 aliphatic carbocycles. The third-order valence-electron chi connectivity index (χ3n) is 1.90. The first-order valence-corrected chi connectivity index (χ1v) is 4.19. The summed E-state index contributed by atoms with van der Waals surface area (Å²) in [4.78, 5) is 14.1. The highest BCUT2D eigenvalue weighted by atomic mass is 16.1. The molecule has 14 heavy (non-hydrogen) atoms. The van der Waals surface area contributed by atoms with E-state index in [9.17, 15) is 4.79 Å². The second-order valence-corrected chi connectivity index (χ2v) is 2.78. The van der Waals surface area contributed by atoms with Crippen LogP contribution in [0.1, 0.15) is 0 Å². The third kappa shape index (κ3) is 1.64. The Morgan fingerprint density at radius 1 is 1.29 bits per heavy atom. The van der Waals surface area contributed by atoms with Crippen molar-refractivity contribution < 1.29 is 4.79 Å². The molecule has 1 heterocycles. The van der Waals surface area contributed by atoms with Crippen LogP contribution in [0.3, 0.4) is 0 Å². The van der Waals surface area contributed by atoms with E-state index in [0.717, 1.165) is 11.4 Å². The number of imidazole rings is 1. The van der Waals surface area contributed by atoms with Crippen LogP contribution in [0, 0.1) is 0 Å². The Balaban J connectivity index is 2.26. The molecule has 1 aromatic carbocycles. The molecular weight excluding hydrogens is 178 g/mol. The van der Waals surface area contributed by atoms with Crippen molar-refractivity contribution in [1.82, 2.24) is 9.55 Å². The minimum Gasteiger partial charge on any atom is -0.329 e. The lowest BCUT2D eigenvalue weighted by Crippen LogP contribution is -1.94. The van der Waals surface area contributed by atoms with Gasteiger partial charge in [-0.25, -0.2) is 4.98 Å². The molecule has 1 N–H and O–H groups in total. The normalized spacial score (nSPS) is 9.71. The highest BCUT2D eigenvalue weighted by molar-refractivity contribution is 5.71. The number of amides is 1. The fraction of sp³-hybridized carbons (Fsp3) is 0. The van der Waals surface area contributed by atoms with Gasteiger partial charge in [-0.15, -0.1) is 0 Å². The maximum Gasteiger partial charge on any atom is 0.211 e. The smallest absolute Gasteiger partial charge is 0.211 e. The van der Waals surface area contributed by atoms with Crippen LogP contribution in [0.15, 0.2) is 43.0 Å². The van der Waals surface area contributed by atoms with Crippen molar-refractivity contribution >= 4 is 12.1 Å². The van der Waals surface area contributed by atoms with Crippen molar-refractivity contribution in [2.75, 3.05) is 5.32 Å². The molecule has 0 atom stereocenters. The Morgan fingerprint density at radius 2 is 2.07 bits per heavy atom. The first kappa shape index (κ1) is 8.50. The summed E-state index contributed by atoms with van der Waals surface area (Å²) in [5, 5.41) is 2.57. The van der Waals surface area contributed by atoms with Crippen molar-refractivity contribution in [3.8, 4) is 5.69 Å². The second kappa shape index (κ2) is 3.74. The van der Waals surface area contributed by atoms with Gasteiger partial charge in [-0.05, 0) is 24.3 Å². The number of nitrogens with one attached hydrogen (secondary N) is 1. The molecule has 4 heteroatoms. The van der Waals surface area contributed by atoms with Gasteiger partial charge >= 0.3 is 0 Å². The Morgan fingerprint density at radius 3 is 2.64 bits per heavy atom. The Bertz CT molecular complexity index is 405. The molecule has 0 bridgehead atoms. The minimum absolute atomic E-state index is 0.659. The number of nitrogens with zero attached hydrogens (tertiary/aromatic N) is 2. The molecule has 0 fully saturated rings. The van der Waals surface area contributed by atoms with Gasteiger partial charge in [-0.3, -0.25) is 4.79 Å². The maximum absolute atomic E-state index is 10.2. The average Bonchev–Trinajstić information content (AvgIpc) is 2.72. The van der Waals surface area contributed by atoms with Crippen molar-refractivity contribution in [1.29, 1.82) is 0 Å². The molecule has 0 saturated heterocycles. The summed E-state index contributed by atoms with van der Waals surface area (Å²) in [5.74, 6) is 0. The topological polar surface area (TPSA) is 46.9 Å². The van der Waals surface area contributed by atoms with Crippen LogP contribution in [0.2, 0.25) is 0 Å². The van der Waals surface area contributed by atoms with E-state index in [1.54, 1.807) is 12.5 Å². The quantitative estimate of drug-likeness (QED) is 0.739. The fourth-order valence-corrected chi connectivity index (χ4v) is 1.21. The number of aromatic nitrogens is 2. The van der Waals surface area contributed by atoms with Crippen molar-refractivity contribution in [2.24, 2.45) is 0 Å². The lowest BCUT2D eigenvalue weighted by Gasteiger charge is -2.02. The summed E-state index contributed by atoms with van der Waals surface area (Å²) < 4.78 is 1.89. The van der Waals surface area contributed by atoms with Crippen LogP contribution < -0.4 is 5.32 Å². The standard InChI is InChI=1S/C10H9N3O/c14-8-12-9-1-3-10(4-2-9)13-6-5-11-7-13/h1-8H,(H,12,14). The van der Waals surface area contributed by atoms with Gasteiger partial charge in [0.2, 0.25) is 6.41 Å². The lowest BCUT2D eigenvalue weighted by molar-refractivity contribution is -0.105. The lowest BCUT2D eigenvalue weighted by atomic mass is 10.3. The van der Waals surface area contributed by atoms with Gasteiger partial charge in [0.1, 0.15) is 0 Å². The van der Waals surface area contributed by atoms with Gasteiger partial charge < -0.3 is 9.88 Å². The fourth-order valence-electron chi connectivity index (χ4n) is 1.21. The van der Waals surface area contributed by atoms with Gasteiger partial charge in [-0.2, -0.15) is 0 Å². The van der Waals surface area contributed by atoms with E-state index in [-0.39, 0.29) is 0 Å². The highest BCUT2D eigenvalue weighted by Gasteiger charge is 1.94. The number of benzene rings is 1. The van der Waals surface area contributed by atoms with Crippen molar-refractivity contribution in [3.63, 3.8) is 0 Å². The van der Waals surface area contributed by atoms with Gasteiger partial charge in [0, 0.05) is 23.8 Å². The summed E-state index contributed by atoms with van der Waals surface area (Å²) in [7, 11) is 0. The number of carbonyl (C=O) groups is 1. The minimum atomic E-state index is 0.659. The first-order chi connectivity index (χ1) is 6.90. The van der Waals surface area contributed by atoms with E-state index in [1.165, 1.54) is 0 Å². The largest absolute Gasteiger partial charge is 0.329 e. The zero-order valence-electron chi connectivity index (χ0n) is 7.42. The monoisotopic (exact) mass is 187 g/mol. The molecule has 1 aromatic heterocycles. The summed E-state index contributed by atoms with van der Waals surface area (Å²) in [5.41, 5.74) is 1.79. The van der Waals surface area contributed by atoms with Gasteiger partial charge in [0.05, 0.1) is 6.33 Å². The van der Waals surface area contributed by atoms with Crippen molar-refractivity contribution in [3.05, 3.63) is 43.0 Å². The molecular formula is C10H9N3O. The Labute approximate surface area is 81.2 Å². The molecule has 0 aliphatic rings. The van der Waals surface area contributed by atoms with E-state index in [4.69, 9.17) is 0 Å². The molecule has 2 aromatic rings. The number of rotatable bonds is 3. The van der Waals surface area contributed by atoms with Gasteiger partial charge in [0.15, 0.2) is 0 Å². The molecule has 2 rings (SSSR count). The van der Waals surface area contributed by atoms with Crippen LogP contribution in [-0.4, -0.2) is 16.0 Å². The van der Waals surface area contributed by atoms with Crippen LogP contribution in [0.4, 0.5) is 5.69 Å². The van der Waals surface area contributed by atoms with Crippen LogP contribution >= 0.6 is 0 Å². The predicted molar refractivity (Wildman–Crippen MR) is 53.3 cm³/mol. The predicted octanol–water partition coefficient (Wildman–Crippen LogP) is 1.44.